The third-order valence-electron chi connectivity index (χ3n) is 4.29. The molecule has 0 saturated carbocycles. The second-order valence-electron chi connectivity index (χ2n) is 6.59. The van der Waals surface area contributed by atoms with Crippen LogP contribution in [0.1, 0.15) is 11.3 Å². The van der Waals surface area contributed by atoms with Crippen LogP contribution >= 0.6 is 0 Å². The van der Waals surface area contributed by atoms with Gasteiger partial charge in [0.25, 0.3) is 10.0 Å². The van der Waals surface area contributed by atoms with Crippen molar-refractivity contribution in [1.29, 1.82) is 0 Å². The Morgan fingerprint density at radius 1 is 1.00 bits per heavy atom. The maximum atomic E-state index is 12.5. The van der Waals surface area contributed by atoms with Crippen molar-refractivity contribution in [3.63, 3.8) is 0 Å². The quantitative estimate of drug-likeness (QED) is 0.501. The topological polar surface area (TPSA) is 120 Å². The minimum atomic E-state index is -3.86. The average molecular weight is 455 g/mol. The Balaban J connectivity index is 1.65. The predicted octanol–water partition coefficient (Wildman–Crippen LogP) is 3.25. The maximum Gasteiger partial charge on any atom is 0.264 e. The fraction of sp³-hybridized carbons (Fsp3) is 0.136. The highest BCUT2D eigenvalue weighted by atomic mass is 32.2. The summed E-state index contributed by atoms with van der Waals surface area (Å²) in [6.45, 7) is 1.73. The largest absolute Gasteiger partial charge is 0.493 e. The lowest BCUT2D eigenvalue weighted by Crippen LogP contribution is -2.15. The molecule has 0 fully saturated rings. The molecule has 0 bridgehead atoms. The lowest BCUT2D eigenvalue weighted by molar-refractivity contribution is -0.111. The normalized spacial score (nSPS) is 11.2. The average Bonchev–Trinajstić information content (AvgIpc) is 2.77. The van der Waals surface area contributed by atoms with E-state index in [1.165, 1.54) is 43.6 Å². The Morgan fingerprint density at radius 2 is 1.72 bits per heavy atom. The summed E-state index contributed by atoms with van der Waals surface area (Å²) in [6.07, 6.45) is 4.46. The molecule has 0 aliphatic carbocycles. The summed E-state index contributed by atoms with van der Waals surface area (Å²) in [4.78, 5) is 20.2. The van der Waals surface area contributed by atoms with Crippen molar-refractivity contribution in [3.8, 4) is 11.5 Å². The molecular formula is C22H22N4O5S. The van der Waals surface area contributed by atoms with Gasteiger partial charge in [0.05, 0.1) is 19.1 Å². The van der Waals surface area contributed by atoms with Gasteiger partial charge in [-0.1, -0.05) is 6.07 Å². The second-order valence-corrected chi connectivity index (χ2v) is 8.27. The molecule has 9 nitrogen and oxygen atoms in total. The number of aromatic nitrogens is 2. The van der Waals surface area contributed by atoms with Crippen LogP contribution in [0.2, 0.25) is 0 Å². The number of carbonyl (C=O) groups is 1. The fourth-order valence-corrected chi connectivity index (χ4v) is 3.66. The number of rotatable bonds is 8. The van der Waals surface area contributed by atoms with Crippen LogP contribution in [0.15, 0.2) is 65.7 Å². The molecular weight excluding hydrogens is 432 g/mol. The molecule has 166 valence electrons. The first-order valence-electron chi connectivity index (χ1n) is 9.44. The molecule has 0 saturated heterocycles. The van der Waals surface area contributed by atoms with Crippen molar-refractivity contribution in [1.82, 2.24) is 9.97 Å². The van der Waals surface area contributed by atoms with E-state index in [-0.39, 0.29) is 16.8 Å². The van der Waals surface area contributed by atoms with Crippen LogP contribution in [0.5, 0.6) is 11.5 Å². The number of carbonyl (C=O) groups excluding carboxylic acids is 1. The lowest BCUT2D eigenvalue weighted by Gasteiger charge is -2.08. The smallest absolute Gasteiger partial charge is 0.264 e. The molecule has 0 unspecified atom stereocenters. The van der Waals surface area contributed by atoms with Crippen molar-refractivity contribution in [3.05, 3.63) is 72.1 Å². The molecule has 0 radical (unpaired) electrons. The van der Waals surface area contributed by atoms with Crippen LogP contribution in [-0.4, -0.2) is 38.5 Å². The molecule has 1 heterocycles. The molecule has 1 amide bonds. The number of hydrogen-bond donors (Lipinski definition) is 2. The van der Waals surface area contributed by atoms with Crippen LogP contribution in [0.3, 0.4) is 0 Å². The minimum Gasteiger partial charge on any atom is -0.493 e. The number of aryl methyl sites for hydroxylation is 1. The van der Waals surface area contributed by atoms with Gasteiger partial charge in [-0.2, -0.15) is 0 Å². The standard InChI is InChI=1S/C22H22N4O5S/c1-15-12-13-23-22(24-15)26-32(28,29)18-8-6-17(7-9-18)25-21(27)11-5-16-4-10-19(30-2)20(14-16)31-3/h4-14H,1-3H3,(H,25,27)(H,23,24,26). The van der Waals surface area contributed by atoms with E-state index in [1.54, 1.807) is 44.4 Å². The summed E-state index contributed by atoms with van der Waals surface area (Å²) in [5, 5.41) is 2.68. The molecule has 10 heteroatoms. The first kappa shape index (κ1) is 22.8. The van der Waals surface area contributed by atoms with Crippen LogP contribution in [-0.2, 0) is 14.8 Å². The summed E-state index contributed by atoms with van der Waals surface area (Å²) in [6, 6.07) is 12.7. The van der Waals surface area contributed by atoms with Gasteiger partial charge in [0.2, 0.25) is 11.9 Å². The van der Waals surface area contributed by atoms with E-state index in [0.717, 1.165) is 5.56 Å². The number of sulfonamides is 1. The fourth-order valence-electron chi connectivity index (χ4n) is 2.71. The maximum absolute atomic E-state index is 12.5. The Morgan fingerprint density at radius 3 is 2.38 bits per heavy atom. The van der Waals surface area contributed by atoms with Crippen LogP contribution in [0.25, 0.3) is 6.08 Å². The van der Waals surface area contributed by atoms with Gasteiger partial charge in [-0.25, -0.2) is 23.1 Å². The summed E-state index contributed by atoms with van der Waals surface area (Å²) in [7, 11) is -0.779. The molecule has 3 rings (SSSR count). The Bertz CT molecular complexity index is 1240. The lowest BCUT2D eigenvalue weighted by atomic mass is 10.2. The van der Waals surface area contributed by atoms with Gasteiger partial charge in [-0.05, 0) is 61.0 Å². The van der Waals surface area contributed by atoms with Gasteiger partial charge >= 0.3 is 0 Å². The zero-order valence-electron chi connectivity index (χ0n) is 17.7. The SMILES string of the molecule is COc1ccc(C=CC(=O)Nc2ccc(S(=O)(=O)Nc3nccc(C)n3)cc2)cc1OC. The molecule has 2 aromatic carbocycles. The molecule has 0 aliphatic heterocycles. The van der Waals surface area contributed by atoms with Gasteiger partial charge in [-0.15, -0.1) is 0 Å². The van der Waals surface area contributed by atoms with E-state index >= 15 is 0 Å². The Kier molecular flexibility index (Phi) is 7.06. The molecule has 32 heavy (non-hydrogen) atoms. The Labute approximate surface area is 186 Å². The molecule has 0 aliphatic rings. The molecule has 1 aromatic heterocycles. The number of nitrogens with zero attached hydrogens (tertiary/aromatic N) is 2. The van der Waals surface area contributed by atoms with Crippen LogP contribution < -0.4 is 19.5 Å². The van der Waals surface area contributed by atoms with Crippen molar-refractivity contribution in [2.45, 2.75) is 11.8 Å². The number of hydrogen-bond acceptors (Lipinski definition) is 7. The molecule has 3 aromatic rings. The van der Waals surface area contributed by atoms with Gasteiger partial charge in [0.15, 0.2) is 11.5 Å². The number of amides is 1. The van der Waals surface area contributed by atoms with E-state index in [1.807, 2.05) is 0 Å². The number of methoxy groups -OCH3 is 2. The van der Waals surface area contributed by atoms with Crippen LogP contribution in [0, 0.1) is 6.92 Å². The monoisotopic (exact) mass is 454 g/mol. The number of benzene rings is 2. The first-order valence-corrected chi connectivity index (χ1v) is 10.9. The summed E-state index contributed by atoms with van der Waals surface area (Å²) < 4.78 is 37.7. The molecule has 0 atom stereocenters. The van der Waals surface area contributed by atoms with Gasteiger partial charge < -0.3 is 14.8 Å². The molecule has 0 spiro atoms. The third kappa shape index (κ3) is 5.82. The van der Waals surface area contributed by atoms with E-state index in [4.69, 9.17) is 9.47 Å². The van der Waals surface area contributed by atoms with E-state index in [0.29, 0.717) is 22.9 Å². The highest BCUT2D eigenvalue weighted by Gasteiger charge is 2.15. The summed E-state index contributed by atoms with van der Waals surface area (Å²) >= 11 is 0. The molecule has 2 N–H and O–H groups in total. The highest BCUT2D eigenvalue weighted by Crippen LogP contribution is 2.28. The van der Waals surface area contributed by atoms with Crippen molar-refractivity contribution in [2.75, 3.05) is 24.3 Å². The van der Waals surface area contributed by atoms with Gasteiger partial charge in [-0.3, -0.25) is 4.79 Å². The summed E-state index contributed by atoms with van der Waals surface area (Å²) in [5.74, 6) is 0.758. The van der Waals surface area contributed by atoms with Crippen molar-refractivity contribution >= 4 is 33.6 Å². The van der Waals surface area contributed by atoms with Gasteiger partial charge in [0.1, 0.15) is 0 Å². The first-order chi connectivity index (χ1) is 15.3. The number of nitrogens with one attached hydrogen (secondary N) is 2. The van der Waals surface area contributed by atoms with E-state index in [9.17, 15) is 13.2 Å². The van der Waals surface area contributed by atoms with Crippen molar-refractivity contribution < 1.29 is 22.7 Å². The van der Waals surface area contributed by atoms with Gasteiger partial charge in [0, 0.05) is 23.7 Å². The zero-order valence-corrected chi connectivity index (χ0v) is 18.5. The minimum absolute atomic E-state index is 0.0114. The van der Waals surface area contributed by atoms with E-state index < -0.39 is 10.0 Å². The highest BCUT2D eigenvalue weighted by molar-refractivity contribution is 7.92. The second kappa shape index (κ2) is 9.92. The summed E-state index contributed by atoms with van der Waals surface area (Å²) in [5.41, 5.74) is 1.83. The predicted molar refractivity (Wildman–Crippen MR) is 121 cm³/mol. The number of ether oxygens (including phenoxy) is 2. The van der Waals surface area contributed by atoms with E-state index in [2.05, 4.69) is 20.0 Å². The van der Waals surface area contributed by atoms with Crippen LogP contribution in [0.4, 0.5) is 11.6 Å². The van der Waals surface area contributed by atoms with Crippen molar-refractivity contribution in [2.24, 2.45) is 0 Å². The third-order valence-corrected chi connectivity index (χ3v) is 5.63. The zero-order chi connectivity index (χ0) is 23.1. The number of anilines is 2. The Hall–Kier alpha value is -3.92.